The van der Waals surface area contributed by atoms with Gasteiger partial charge in [0.25, 0.3) is 0 Å². The van der Waals surface area contributed by atoms with Crippen LogP contribution >= 0.6 is 0 Å². The highest BCUT2D eigenvalue weighted by Crippen LogP contribution is 2.44. The van der Waals surface area contributed by atoms with E-state index in [-0.39, 0.29) is 0 Å². The van der Waals surface area contributed by atoms with Crippen LogP contribution in [0.15, 0.2) is 124 Å². The van der Waals surface area contributed by atoms with Gasteiger partial charge in [-0.25, -0.2) is 0 Å². The van der Waals surface area contributed by atoms with Crippen molar-refractivity contribution in [2.75, 3.05) is 4.90 Å². The van der Waals surface area contributed by atoms with Crippen LogP contribution in [-0.4, -0.2) is 0 Å². The molecule has 5 aromatic carbocycles. The van der Waals surface area contributed by atoms with Gasteiger partial charge >= 0.3 is 0 Å². The molecular weight excluding hydrogens is 406 g/mol. The van der Waals surface area contributed by atoms with Crippen molar-refractivity contribution in [3.05, 3.63) is 115 Å². The Morgan fingerprint density at radius 1 is 0.424 bits per heavy atom. The third-order valence-corrected chi connectivity index (χ3v) is 6.25. The first kappa shape index (κ1) is 18.1. The van der Waals surface area contributed by atoms with E-state index in [1.165, 1.54) is 0 Å². The largest absolute Gasteiger partial charge is 0.456 e. The highest BCUT2D eigenvalue weighted by molar-refractivity contribution is 6.23. The number of para-hydroxylation sites is 4. The minimum absolute atomic E-state index is 0.840. The Kier molecular flexibility index (Phi) is 3.84. The highest BCUT2D eigenvalue weighted by atomic mass is 16.3. The van der Waals surface area contributed by atoms with Gasteiger partial charge in [-0.05, 0) is 48.5 Å². The summed E-state index contributed by atoms with van der Waals surface area (Å²) in [6, 6.07) is 39.4. The molecule has 0 radical (unpaired) electrons. The smallest absolute Gasteiger partial charge is 0.159 e. The monoisotopic (exact) mass is 425 g/mol. The average Bonchev–Trinajstić information content (AvgIpc) is 3.44. The molecule has 7 aromatic rings. The third-order valence-electron chi connectivity index (χ3n) is 6.25. The fraction of sp³-hybridized carbons (Fsp3) is 0. The van der Waals surface area contributed by atoms with Crippen molar-refractivity contribution in [3.8, 4) is 0 Å². The second-order valence-corrected chi connectivity index (χ2v) is 8.18. The Morgan fingerprint density at radius 2 is 1.06 bits per heavy atom. The van der Waals surface area contributed by atoms with Gasteiger partial charge in [-0.2, -0.15) is 0 Å². The third kappa shape index (κ3) is 2.69. The van der Waals surface area contributed by atoms with Crippen LogP contribution in [0.3, 0.4) is 0 Å². The van der Waals surface area contributed by atoms with E-state index < -0.39 is 0 Å². The van der Waals surface area contributed by atoms with E-state index in [4.69, 9.17) is 8.83 Å². The first-order valence-corrected chi connectivity index (χ1v) is 11.0. The standard InChI is InChI=1S/C30H19NO2/c1-3-10-20(11-4-1)31(21-12-5-2-6-13-21)25-16-9-15-22-23-18-19-27-28(30(23)33-29(22)25)24-14-7-8-17-26(24)32-27/h1-19H. The van der Waals surface area contributed by atoms with Crippen LogP contribution in [0.1, 0.15) is 0 Å². The summed E-state index contributed by atoms with van der Waals surface area (Å²) in [5.74, 6) is 0. The number of rotatable bonds is 3. The van der Waals surface area contributed by atoms with Crippen LogP contribution in [-0.2, 0) is 0 Å². The quantitative estimate of drug-likeness (QED) is 0.283. The summed E-state index contributed by atoms with van der Waals surface area (Å²) in [4.78, 5) is 2.25. The fourth-order valence-corrected chi connectivity index (χ4v) is 4.81. The van der Waals surface area contributed by atoms with Gasteiger partial charge in [-0.15, -0.1) is 0 Å². The SMILES string of the molecule is c1ccc(N(c2ccccc2)c2cccc3c2oc2c3ccc3oc4ccccc4c32)cc1. The second-order valence-electron chi connectivity index (χ2n) is 8.18. The number of hydrogen-bond donors (Lipinski definition) is 0. The molecule has 0 saturated heterocycles. The Bertz CT molecular complexity index is 1720. The average molecular weight is 425 g/mol. The fourth-order valence-electron chi connectivity index (χ4n) is 4.81. The molecule has 0 saturated carbocycles. The molecule has 0 unspecified atom stereocenters. The van der Waals surface area contributed by atoms with Gasteiger partial charge in [0.15, 0.2) is 5.58 Å². The van der Waals surface area contributed by atoms with Gasteiger partial charge in [0.2, 0.25) is 0 Å². The number of fused-ring (bicyclic) bond motifs is 7. The minimum Gasteiger partial charge on any atom is -0.456 e. The van der Waals surface area contributed by atoms with Crippen molar-refractivity contribution in [1.82, 2.24) is 0 Å². The minimum atomic E-state index is 0.840. The lowest BCUT2D eigenvalue weighted by Gasteiger charge is -2.25. The lowest BCUT2D eigenvalue weighted by Crippen LogP contribution is -2.09. The summed E-state index contributed by atoms with van der Waals surface area (Å²) in [5.41, 5.74) is 6.59. The summed E-state index contributed by atoms with van der Waals surface area (Å²) < 4.78 is 12.8. The predicted octanol–water partition coefficient (Wildman–Crippen LogP) is 8.96. The van der Waals surface area contributed by atoms with E-state index in [0.29, 0.717) is 0 Å². The molecule has 156 valence electrons. The van der Waals surface area contributed by atoms with Crippen LogP contribution in [0.4, 0.5) is 17.1 Å². The van der Waals surface area contributed by atoms with Crippen molar-refractivity contribution in [1.29, 1.82) is 0 Å². The lowest BCUT2D eigenvalue weighted by molar-refractivity contribution is 0.663. The highest BCUT2D eigenvalue weighted by Gasteiger charge is 2.21. The molecule has 33 heavy (non-hydrogen) atoms. The van der Waals surface area contributed by atoms with Crippen LogP contribution < -0.4 is 4.90 Å². The summed E-state index contributed by atoms with van der Waals surface area (Å²) in [6.07, 6.45) is 0. The van der Waals surface area contributed by atoms with Gasteiger partial charge in [-0.3, -0.25) is 0 Å². The Balaban J connectivity index is 1.58. The molecule has 0 aliphatic rings. The summed E-state index contributed by atoms with van der Waals surface area (Å²) in [6.45, 7) is 0. The molecule has 3 heteroatoms. The molecule has 3 nitrogen and oxygen atoms in total. The van der Waals surface area contributed by atoms with Crippen LogP contribution in [0.2, 0.25) is 0 Å². The zero-order valence-electron chi connectivity index (χ0n) is 17.7. The van der Waals surface area contributed by atoms with Crippen molar-refractivity contribution >= 4 is 60.9 Å². The number of nitrogens with zero attached hydrogens (tertiary/aromatic N) is 1. The van der Waals surface area contributed by atoms with Gasteiger partial charge in [-0.1, -0.05) is 66.7 Å². The number of hydrogen-bond acceptors (Lipinski definition) is 3. The van der Waals surface area contributed by atoms with Gasteiger partial charge < -0.3 is 13.7 Å². The van der Waals surface area contributed by atoms with E-state index in [9.17, 15) is 0 Å². The molecule has 0 amide bonds. The van der Waals surface area contributed by atoms with Crippen molar-refractivity contribution in [3.63, 3.8) is 0 Å². The Morgan fingerprint density at radius 3 is 1.82 bits per heavy atom. The maximum atomic E-state index is 6.69. The maximum Gasteiger partial charge on any atom is 0.159 e. The van der Waals surface area contributed by atoms with Crippen LogP contribution in [0.25, 0.3) is 43.9 Å². The number of benzene rings is 5. The van der Waals surface area contributed by atoms with E-state index in [1.807, 2.05) is 36.4 Å². The lowest BCUT2D eigenvalue weighted by atomic mass is 10.1. The van der Waals surface area contributed by atoms with Gasteiger partial charge in [0.05, 0.1) is 11.1 Å². The molecule has 0 N–H and O–H groups in total. The van der Waals surface area contributed by atoms with Crippen LogP contribution in [0, 0.1) is 0 Å². The van der Waals surface area contributed by atoms with Gasteiger partial charge in [0, 0.05) is 27.5 Å². The van der Waals surface area contributed by atoms with E-state index in [0.717, 1.165) is 60.9 Å². The summed E-state index contributed by atoms with van der Waals surface area (Å²) in [5, 5.41) is 4.27. The molecule has 0 fully saturated rings. The number of furan rings is 2. The zero-order valence-corrected chi connectivity index (χ0v) is 17.7. The Hall–Kier alpha value is -4.50. The number of anilines is 3. The summed E-state index contributed by atoms with van der Waals surface area (Å²) >= 11 is 0. The molecule has 0 spiro atoms. The first-order valence-electron chi connectivity index (χ1n) is 11.0. The topological polar surface area (TPSA) is 29.5 Å². The molecule has 0 bridgehead atoms. The molecular formula is C30H19NO2. The van der Waals surface area contributed by atoms with Crippen molar-refractivity contribution < 1.29 is 8.83 Å². The molecule has 0 aliphatic carbocycles. The van der Waals surface area contributed by atoms with E-state index in [1.54, 1.807) is 0 Å². The predicted molar refractivity (Wildman–Crippen MR) is 136 cm³/mol. The van der Waals surface area contributed by atoms with Crippen molar-refractivity contribution in [2.24, 2.45) is 0 Å². The molecule has 2 aromatic heterocycles. The normalized spacial score (nSPS) is 11.6. The van der Waals surface area contributed by atoms with Crippen LogP contribution in [0.5, 0.6) is 0 Å². The molecule has 0 atom stereocenters. The molecule has 0 aliphatic heterocycles. The van der Waals surface area contributed by atoms with Gasteiger partial charge in [0.1, 0.15) is 16.7 Å². The first-order chi connectivity index (χ1) is 16.4. The molecule has 7 rings (SSSR count). The Labute approximate surface area is 190 Å². The second kappa shape index (κ2) is 7.01. The molecule has 2 heterocycles. The van der Waals surface area contributed by atoms with Crippen molar-refractivity contribution in [2.45, 2.75) is 0 Å². The van der Waals surface area contributed by atoms with E-state index >= 15 is 0 Å². The summed E-state index contributed by atoms with van der Waals surface area (Å²) in [7, 11) is 0. The zero-order chi connectivity index (χ0) is 21.8. The van der Waals surface area contributed by atoms with E-state index in [2.05, 4.69) is 83.8 Å². The maximum absolute atomic E-state index is 6.69.